The Labute approximate surface area is 50.8 Å². The van der Waals surface area contributed by atoms with Crippen LogP contribution in [0.2, 0.25) is 0 Å². The Morgan fingerprint density at radius 1 is 1.14 bits per heavy atom. The van der Waals surface area contributed by atoms with E-state index in [4.69, 9.17) is 19.2 Å². The van der Waals surface area contributed by atoms with Crippen LogP contribution >= 0.6 is 7.82 Å². The first-order valence-corrected chi connectivity index (χ1v) is 2.19. The summed E-state index contributed by atoms with van der Waals surface area (Å²) in [7, 11) is -5.39. The van der Waals surface area contributed by atoms with Crippen molar-refractivity contribution >= 4 is 7.82 Å². The molecule has 7 heteroatoms. The molecule has 1 radical (unpaired) electrons. The molecule has 4 N–H and O–H groups in total. The number of hydrogen-bond donors (Lipinski definition) is 1. The van der Waals surface area contributed by atoms with Crippen molar-refractivity contribution in [3.63, 3.8) is 0 Å². The Hall–Kier alpha value is 0.576. The van der Waals surface area contributed by atoms with Gasteiger partial charge in [-0.3, -0.25) is 0 Å². The van der Waals surface area contributed by atoms with E-state index in [1.807, 2.05) is 0 Å². The van der Waals surface area contributed by atoms with Gasteiger partial charge in [-0.15, -0.1) is 0 Å². The zero-order valence-electron chi connectivity index (χ0n) is 3.41. The van der Waals surface area contributed by atoms with E-state index in [1.165, 1.54) is 0 Å². The van der Waals surface area contributed by atoms with E-state index >= 15 is 0 Å². The van der Waals surface area contributed by atoms with E-state index in [0.29, 0.717) is 0 Å². The van der Waals surface area contributed by atoms with Gasteiger partial charge in [-0.25, -0.2) is 0 Å². The minimum Gasteiger partial charge on any atom is -0.822 e. The maximum Gasteiger partial charge on any atom is 2.00 e. The monoisotopic (exact) mass is 172 g/mol. The van der Waals surface area contributed by atoms with Crippen LogP contribution in [0.1, 0.15) is 0 Å². The molecule has 0 heterocycles. The average Bonchev–Trinajstić information content (AvgIpc) is 0.722. The standard InChI is InChI=1S/Co.H3N.H3O4P/c;;1-5(2,3)4/h;1H3;(H3,1,2,3,4)/q+2;;/p-2. The third-order valence-corrected chi connectivity index (χ3v) is 0. The van der Waals surface area contributed by atoms with Crippen LogP contribution in [0.15, 0.2) is 0 Å². The predicted molar refractivity (Wildman–Crippen MR) is 13.6 cm³/mol. The fourth-order valence-corrected chi connectivity index (χ4v) is 0. The zero-order chi connectivity index (χ0) is 4.50. The van der Waals surface area contributed by atoms with Crippen molar-refractivity contribution in [3.05, 3.63) is 0 Å². The van der Waals surface area contributed by atoms with Gasteiger partial charge < -0.3 is 25.4 Å². The van der Waals surface area contributed by atoms with E-state index in [9.17, 15) is 0 Å². The summed E-state index contributed by atoms with van der Waals surface area (Å²) in [4.78, 5) is 25.6. The van der Waals surface area contributed by atoms with Crippen LogP contribution in [0.25, 0.3) is 0 Å². The molecule has 5 nitrogen and oxygen atoms in total. The largest absolute Gasteiger partial charge is 2.00 e. The van der Waals surface area contributed by atoms with Crippen molar-refractivity contribution in [1.82, 2.24) is 6.15 Å². The van der Waals surface area contributed by atoms with E-state index in [1.54, 1.807) is 0 Å². The summed E-state index contributed by atoms with van der Waals surface area (Å²) in [6.07, 6.45) is 0. The van der Waals surface area contributed by atoms with Gasteiger partial charge in [0.15, 0.2) is 0 Å². The summed E-state index contributed by atoms with van der Waals surface area (Å²) >= 11 is 0. The average molecular weight is 172 g/mol. The zero-order valence-corrected chi connectivity index (χ0v) is 5.35. The molecule has 0 aliphatic rings. The number of phosphoric acid groups is 1. The molecular formula is H4CoNO4P. The molecular weight excluding hydrogens is 168 g/mol. The second-order valence-electron chi connectivity index (χ2n) is 0.447. The van der Waals surface area contributed by atoms with Gasteiger partial charge in [0.1, 0.15) is 0 Å². The van der Waals surface area contributed by atoms with Gasteiger partial charge in [0.05, 0.1) is 0 Å². The molecule has 0 aromatic heterocycles. The smallest absolute Gasteiger partial charge is 0.822 e. The molecule has 0 aliphatic heterocycles. The molecule has 0 unspecified atom stereocenters. The minimum atomic E-state index is -5.39. The van der Waals surface area contributed by atoms with Gasteiger partial charge in [0, 0.05) is 0 Å². The summed E-state index contributed by atoms with van der Waals surface area (Å²) in [6, 6.07) is 0. The van der Waals surface area contributed by atoms with E-state index in [-0.39, 0.29) is 22.9 Å². The maximum atomic E-state index is 8.55. The van der Waals surface area contributed by atoms with Crippen molar-refractivity contribution in [2.24, 2.45) is 0 Å². The fourth-order valence-electron chi connectivity index (χ4n) is 0. The molecule has 0 spiro atoms. The topological polar surface area (TPSA) is 123 Å². The Morgan fingerprint density at radius 2 is 1.14 bits per heavy atom. The van der Waals surface area contributed by atoms with Crippen LogP contribution < -0.4 is 20.8 Å². The van der Waals surface area contributed by atoms with Gasteiger partial charge in [0.25, 0.3) is 0 Å². The van der Waals surface area contributed by atoms with E-state index < -0.39 is 7.82 Å². The maximum absolute atomic E-state index is 8.55. The second-order valence-corrected chi connectivity index (χ2v) is 1.34. The number of rotatable bonds is 0. The van der Waals surface area contributed by atoms with Crippen molar-refractivity contribution in [1.29, 1.82) is 0 Å². The Kier molecular flexibility index (Phi) is 10.6. The number of quaternary nitrogens is 1. The fraction of sp³-hybridized carbons (Fsp3) is 0. The summed E-state index contributed by atoms with van der Waals surface area (Å²) in [6.45, 7) is 0. The molecule has 0 aromatic rings. The molecule has 0 saturated heterocycles. The molecule has 0 rings (SSSR count). The van der Waals surface area contributed by atoms with Crippen molar-refractivity contribution in [2.75, 3.05) is 0 Å². The Bertz CT molecular complexity index is 57.8. The molecule has 0 fully saturated rings. The van der Waals surface area contributed by atoms with Gasteiger partial charge in [0.2, 0.25) is 0 Å². The number of hydrogen-bond acceptors (Lipinski definition) is 4. The first-order valence-electron chi connectivity index (χ1n) is 0.730. The molecule has 0 aliphatic carbocycles. The van der Waals surface area contributed by atoms with Crippen LogP contribution in [0.4, 0.5) is 0 Å². The van der Waals surface area contributed by atoms with Crippen molar-refractivity contribution in [2.45, 2.75) is 0 Å². The predicted octanol–water partition coefficient (Wildman–Crippen LogP) is -2.45. The van der Waals surface area contributed by atoms with Gasteiger partial charge in [-0.2, -0.15) is 7.82 Å². The van der Waals surface area contributed by atoms with Crippen LogP contribution in [0.5, 0.6) is 0 Å². The Balaban J connectivity index is -0.0000000800. The van der Waals surface area contributed by atoms with Gasteiger partial charge in [-0.05, 0) is 0 Å². The summed E-state index contributed by atoms with van der Waals surface area (Å²) < 4.78 is 8.55. The summed E-state index contributed by atoms with van der Waals surface area (Å²) in [5.74, 6) is 0. The SMILES string of the molecule is O=P([O-])([O-])[O-].[Co+2].[NH4+]. The second kappa shape index (κ2) is 4.73. The van der Waals surface area contributed by atoms with Crippen molar-refractivity contribution in [3.8, 4) is 0 Å². The summed E-state index contributed by atoms with van der Waals surface area (Å²) in [5.41, 5.74) is 0. The first kappa shape index (κ1) is 15.6. The first-order chi connectivity index (χ1) is 2.00. The third-order valence-electron chi connectivity index (χ3n) is 0. The van der Waals surface area contributed by atoms with Crippen LogP contribution in [0.3, 0.4) is 0 Å². The molecule has 0 aromatic carbocycles. The van der Waals surface area contributed by atoms with E-state index in [2.05, 4.69) is 0 Å². The van der Waals surface area contributed by atoms with Crippen molar-refractivity contribution < 1.29 is 36.0 Å². The van der Waals surface area contributed by atoms with Crippen LogP contribution in [-0.4, -0.2) is 0 Å². The minimum absolute atomic E-state index is 0. The molecule has 0 amide bonds. The molecule has 0 saturated carbocycles. The van der Waals surface area contributed by atoms with Crippen LogP contribution in [-0.2, 0) is 21.3 Å². The third kappa shape index (κ3) is 414. The van der Waals surface area contributed by atoms with E-state index in [0.717, 1.165) is 0 Å². The van der Waals surface area contributed by atoms with Gasteiger partial charge in [-0.1, -0.05) is 0 Å². The molecule has 47 valence electrons. The normalized spacial score (nSPS) is 8.43. The Morgan fingerprint density at radius 3 is 1.14 bits per heavy atom. The quantitative estimate of drug-likeness (QED) is 0.407. The van der Waals surface area contributed by atoms with Gasteiger partial charge >= 0.3 is 16.8 Å². The molecule has 0 bridgehead atoms. The summed E-state index contributed by atoms with van der Waals surface area (Å²) in [5, 5.41) is 0. The van der Waals surface area contributed by atoms with Crippen LogP contribution in [0, 0.1) is 0 Å². The molecule has 0 atom stereocenters. The molecule has 7 heavy (non-hydrogen) atoms.